The summed E-state index contributed by atoms with van der Waals surface area (Å²) < 4.78 is 7.76. The van der Waals surface area contributed by atoms with Crippen molar-refractivity contribution in [2.24, 2.45) is 5.10 Å². The second-order valence-electron chi connectivity index (χ2n) is 10.7. The molecule has 1 amide bonds. The predicted octanol–water partition coefficient (Wildman–Crippen LogP) is 8.52. The van der Waals surface area contributed by atoms with Crippen molar-refractivity contribution in [3.8, 4) is 22.7 Å². The van der Waals surface area contributed by atoms with Crippen LogP contribution in [0.2, 0.25) is 0 Å². The minimum atomic E-state index is -0.158. The molecule has 6 nitrogen and oxygen atoms in total. The van der Waals surface area contributed by atoms with Crippen molar-refractivity contribution >= 4 is 35.1 Å². The Hall–Kier alpha value is -4.88. The molecule has 0 saturated carbocycles. The van der Waals surface area contributed by atoms with Crippen LogP contribution >= 0.6 is 11.8 Å². The van der Waals surface area contributed by atoms with E-state index in [1.54, 1.807) is 11.8 Å². The first kappa shape index (κ1) is 29.2. The van der Waals surface area contributed by atoms with E-state index in [2.05, 4.69) is 51.1 Å². The van der Waals surface area contributed by atoms with Crippen LogP contribution in [0.25, 0.3) is 23.0 Å². The Bertz CT molecular complexity index is 1830. The Kier molecular flexibility index (Phi) is 8.75. The number of hydrazone groups is 1. The molecule has 1 aliphatic rings. The maximum Gasteiger partial charge on any atom is 0.280 e. The molecule has 4 aromatic carbocycles. The van der Waals surface area contributed by atoms with Gasteiger partial charge in [-0.25, -0.2) is 4.68 Å². The van der Waals surface area contributed by atoms with Gasteiger partial charge in [0, 0.05) is 28.0 Å². The number of hydrogen-bond donors (Lipinski definition) is 0. The van der Waals surface area contributed by atoms with Crippen molar-refractivity contribution < 1.29 is 9.53 Å². The standard InChI is InChI=1S/C37H34N4O2S/c1-4-21-43-31-17-20-33(27(3)22-31)36-28(24-40(39-36)29-11-7-5-8-12-29)23-34-35(25-44-32-18-15-26(2)16-19-32)38-41(37(34)42)30-13-9-6-10-14-30/h5-20,22-24H,4,21,25H2,1-3H3. The summed E-state index contributed by atoms with van der Waals surface area (Å²) in [5.41, 5.74) is 7.82. The van der Waals surface area contributed by atoms with Crippen LogP contribution in [0.5, 0.6) is 5.75 Å². The number of rotatable bonds is 10. The van der Waals surface area contributed by atoms with Crippen molar-refractivity contribution in [2.75, 3.05) is 17.4 Å². The molecule has 0 saturated heterocycles. The second-order valence-corrected chi connectivity index (χ2v) is 11.7. The van der Waals surface area contributed by atoms with Gasteiger partial charge in [0.05, 0.1) is 29.3 Å². The molecule has 0 bridgehead atoms. The van der Waals surface area contributed by atoms with Gasteiger partial charge in [-0.1, -0.05) is 61.0 Å². The van der Waals surface area contributed by atoms with E-state index in [9.17, 15) is 4.79 Å². The monoisotopic (exact) mass is 598 g/mol. The second kappa shape index (κ2) is 13.2. The Morgan fingerprint density at radius 2 is 1.57 bits per heavy atom. The zero-order chi connectivity index (χ0) is 30.5. The lowest BCUT2D eigenvalue weighted by Crippen LogP contribution is -2.21. The fourth-order valence-corrected chi connectivity index (χ4v) is 5.87. The summed E-state index contributed by atoms with van der Waals surface area (Å²) in [6.07, 6.45) is 4.88. The summed E-state index contributed by atoms with van der Waals surface area (Å²) in [7, 11) is 0. The van der Waals surface area contributed by atoms with Gasteiger partial charge in [0.2, 0.25) is 0 Å². The van der Waals surface area contributed by atoms with Gasteiger partial charge in [-0.15, -0.1) is 11.8 Å². The molecule has 1 aliphatic heterocycles. The highest BCUT2D eigenvalue weighted by Crippen LogP contribution is 2.33. The number of para-hydroxylation sites is 2. The number of benzene rings is 4. The molecule has 0 spiro atoms. The van der Waals surface area contributed by atoms with E-state index in [0.29, 0.717) is 17.9 Å². The molecule has 7 heteroatoms. The first-order valence-corrected chi connectivity index (χ1v) is 15.8. The van der Waals surface area contributed by atoms with Crippen LogP contribution in [0, 0.1) is 13.8 Å². The summed E-state index contributed by atoms with van der Waals surface area (Å²) >= 11 is 1.67. The SMILES string of the molecule is CCCOc1ccc(-c2nn(-c3ccccc3)cc2C=C2C(=O)N(c3ccccc3)N=C2CSc2ccc(C)cc2)c(C)c1. The highest BCUT2D eigenvalue weighted by Gasteiger charge is 2.32. The van der Waals surface area contributed by atoms with Crippen molar-refractivity contribution in [1.82, 2.24) is 9.78 Å². The number of anilines is 1. The van der Waals surface area contributed by atoms with E-state index in [-0.39, 0.29) is 5.91 Å². The third-order valence-electron chi connectivity index (χ3n) is 7.34. The highest BCUT2D eigenvalue weighted by molar-refractivity contribution is 8.00. The van der Waals surface area contributed by atoms with Crippen molar-refractivity contribution in [3.05, 3.63) is 132 Å². The largest absolute Gasteiger partial charge is 0.494 e. The van der Waals surface area contributed by atoms with Crippen LogP contribution < -0.4 is 9.75 Å². The minimum Gasteiger partial charge on any atom is -0.494 e. The topological polar surface area (TPSA) is 59.7 Å². The first-order valence-electron chi connectivity index (χ1n) is 14.8. The molecule has 0 N–H and O–H groups in total. The average Bonchev–Trinajstić information content (AvgIpc) is 3.61. The summed E-state index contributed by atoms with van der Waals surface area (Å²) in [5.74, 6) is 1.23. The van der Waals surface area contributed by atoms with Crippen molar-refractivity contribution in [2.45, 2.75) is 32.1 Å². The third kappa shape index (κ3) is 6.38. The number of amides is 1. The maximum atomic E-state index is 14.0. The van der Waals surface area contributed by atoms with Crippen LogP contribution in [-0.2, 0) is 4.79 Å². The molecule has 0 atom stereocenters. The number of aromatic nitrogens is 2. The molecule has 6 rings (SSSR count). The van der Waals surface area contributed by atoms with Gasteiger partial charge in [0.25, 0.3) is 5.91 Å². The summed E-state index contributed by atoms with van der Waals surface area (Å²) in [6, 6.07) is 34.1. The van der Waals surface area contributed by atoms with E-state index >= 15 is 0 Å². The summed E-state index contributed by atoms with van der Waals surface area (Å²) in [6.45, 7) is 6.90. The average molecular weight is 599 g/mol. The fraction of sp³-hybridized carbons (Fsp3) is 0.162. The Labute approximate surface area is 262 Å². The van der Waals surface area contributed by atoms with E-state index in [0.717, 1.165) is 56.5 Å². The number of aryl methyl sites for hydroxylation is 2. The van der Waals surface area contributed by atoms with Crippen LogP contribution in [0.4, 0.5) is 5.69 Å². The normalized spacial score (nSPS) is 13.9. The molecule has 44 heavy (non-hydrogen) atoms. The number of ether oxygens (including phenoxy) is 1. The van der Waals surface area contributed by atoms with Crippen LogP contribution in [0.1, 0.15) is 30.0 Å². The van der Waals surface area contributed by atoms with Gasteiger partial charge in [-0.05, 0) is 86.5 Å². The van der Waals surface area contributed by atoms with Gasteiger partial charge in [0.1, 0.15) is 11.4 Å². The Balaban J connectivity index is 1.43. The molecular formula is C37H34N4O2S. The fourth-order valence-electron chi connectivity index (χ4n) is 5.02. The zero-order valence-electron chi connectivity index (χ0n) is 25.1. The molecular weight excluding hydrogens is 565 g/mol. The lowest BCUT2D eigenvalue weighted by molar-refractivity contribution is -0.114. The lowest BCUT2D eigenvalue weighted by atomic mass is 10.00. The van der Waals surface area contributed by atoms with Gasteiger partial charge in [-0.3, -0.25) is 4.79 Å². The number of nitrogens with zero attached hydrogens (tertiary/aromatic N) is 4. The maximum absolute atomic E-state index is 14.0. The number of carbonyl (C=O) groups is 1. The van der Waals surface area contributed by atoms with Crippen LogP contribution in [-0.4, -0.2) is 33.8 Å². The predicted molar refractivity (Wildman–Crippen MR) is 181 cm³/mol. The lowest BCUT2D eigenvalue weighted by Gasteiger charge is -2.11. The van der Waals surface area contributed by atoms with Gasteiger partial charge in [-0.2, -0.15) is 15.2 Å². The molecule has 5 aromatic rings. The summed E-state index contributed by atoms with van der Waals surface area (Å²) in [5, 5.41) is 11.4. The first-order chi connectivity index (χ1) is 21.5. The van der Waals surface area contributed by atoms with Gasteiger partial charge in [0.15, 0.2) is 0 Å². The number of carbonyl (C=O) groups excluding carboxylic acids is 1. The highest BCUT2D eigenvalue weighted by atomic mass is 32.2. The molecule has 0 aliphatic carbocycles. The Morgan fingerprint density at radius 3 is 2.25 bits per heavy atom. The van der Waals surface area contributed by atoms with Crippen molar-refractivity contribution in [1.29, 1.82) is 0 Å². The number of thioether (sulfide) groups is 1. The third-order valence-corrected chi connectivity index (χ3v) is 8.36. The van der Waals surface area contributed by atoms with E-state index in [1.165, 1.54) is 10.6 Å². The molecule has 0 fully saturated rings. The molecule has 2 heterocycles. The van der Waals surface area contributed by atoms with E-state index in [4.69, 9.17) is 14.9 Å². The van der Waals surface area contributed by atoms with E-state index < -0.39 is 0 Å². The Morgan fingerprint density at radius 1 is 0.864 bits per heavy atom. The van der Waals surface area contributed by atoms with Gasteiger partial charge < -0.3 is 4.74 Å². The minimum absolute atomic E-state index is 0.158. The molecule has 0 unspecified atom stereocenters. The van der Waals surface area contributed by atoms with E-state index in [1.807, 2.05) is 89.8 Å². The molecule has 1 aromatic heterocycles. The zero-order valence-corrected chi connectivity index (χ0v) is 25.9. The van der Waals surface area contributed by atoms with Gasteiger partial charge >= 0.3 is 0 Å². The smallest absolute Gasteiger partial charge is 0.280 e. The molecule has 220 valence electrons. The van der Waals surface area contributed by atoms with Crippen LogP contribution in [0.15, 0.2) is 125 Å². The number of hydrogen-bond acceptors (Lipinski definition) is 5. The van der Waals surface area contributed by atoms with Crippen LogP contribution in [0.3, 0.4) is 0 Å². The van der Waals surface area contributed by atoms with Crippen molar-refractivity contribution in [3.63, 3.8) is 0 Å². The molecule has 0 radical (unpaired) electrons. The quantitative estimate of drug-likeness (QED) is 0.119. The summed E-state index contributed by atoms with van der Waals surface area (Å²) in [4.78, 5) is 15.1.